The van der Waals surface area contributed by atoms with Crippen LogP contribution in [0.3, 0.4) is 0 Å². The molecule has 0 spiro atoms. The summed E-state index contributed by atoms with van der Waals surface area (Å²) in [4.78, 5) is 0. The maximum absolute atomic E-state index is 13.1. The van der Waals surface area contributed by atoms with Gasteiger partial charge in [0.1, 0.15) is 5.82 Å². The van der Waals surface area contributed by atoms with Gasteiger partial charge in [0, 0.05) is 9.61 Å². The molecule has 0 heterocycles. The van der Waals surface area contributed by atoms with E-state index in [4.69, 9.17) is 5.84 Å². The zero-order valence-electron chi connectivity index (χ0n) is 10.7. The van der Waals surface area contributed by atoms with Crippen molar-refractivity contribution in [2.45, 2.75) is 19.4 Å². The summed E-state index contributed by atoms with van der Waals surface area (Å²) in [6.45, 7) is 1.92. The molecule has 2 aromatic rings. The number of hydrazine groups is 1. The first kappa shape index (κ1) is 14.4. The Morgan fingerprint density at radius 1 is 1.21 bits per heavy atom. The first-order valence-electron chi connectivity index (χ1n) is 6.07. The number of halogens is 2. The van der Waals surface area contributed by atoms with Crippen molar-refractivity contribution in [1.82, 2.24) is 5.43 Å². The Hall–Kier alpha value is -0.980. The summed E-state index contributed by atoms with van der Waals surface area (Å²) < 4.78 is 14.3. The van der Waals surface area contributed by atoms with Gasteiger partial charge in [0.15, 0.2) is 0 Å². The molecule has 1 atom stereocenters. The largest absolute Gasteiger partial charge is 0.271 e. The van der Waals surface area contributed by atoms with Crippen LogP contribution in [0.15, 0.2) is 42.5 Å². The van der Waals surface area contributed by atoms with Gasteiger partial charge in [0.05, 0.1) is 0 Å². The fourth-order valence-corrected chi connectivity index (χ4v) is 2.44. The molecule has 0 radical (unpaired) electrons. The lowest BCUT2D eigenvalue weighted by Gasteiger charge is -2.18. The van der Waals surface area contributed by atoms with E-state index in [1.807, 2.05) is 13.0 Å². The molecule has 0 fully saturated rings. The predicted molar refractivity (Wildman–Crippen MR) is 84.1 cm³/mol. The van der Waals surface area contributed by atoms with Crippen LogP contribution in [0.4, 0.5) is 4.39 Å². The molecule has 2 rings (SSSR count). The van der Waals surface area contributed by atoms with E-state index < -0.39 is 0 Å². The van der Waals surface area contributed by atoms with Crippen molar-refractivity contribution in [3.8, 4) is 0 Å². The average molecular weight is 370 g/mol. The van der Waals surface area contributed by atoms with Crippen LogP contribution in [0.2, 0.25) is 0 Å². The standard InChI is InChI=1S/C15H16FIN2/c1-10-8-13(16)5-2-12(10)9-15(19-18)11-3-6-14(17)7-4-11/h2-8,15,19H,9,18H2,1H3. The van der Waals surface area contributed by atoms with Crippen LogP contribution in [-0.4, -0.2) is 0 Å². The smallest absolute Gasteiger partial charge is 0.123 e. The van der Waals surface area contributed by atoms with Gasteiger partial charge in [-0.3, -0.25) is 11.3 Å². The molecule has 1 unspecified atom stereocenters. The number of hydrogen-bond donors (Lipinski definition) is 2. The van der Waals surface area contributed by atoms with Crippen molar-refractivity contribution in [2.75, 3.05) is 0 Å². The lowest BCUT2D eigenvalue weighted by Crippen LogP contribution is -2.29. The molecule has 100 valence electrons. The minimum absolute atomic E-state index is 0.0289. The van der Waals surface area contributed by atoms with Crippen molar-refractivity contribution in [3.63, 3.8) is 0 Å². The quantitative estimate of drug-likeness (QED) is 0.491. The van der Waals surface area contributed by atoms with Gasteiger partial charge in [0.25, 0.3) is 0 Å². The van der Waals surface area contributed by atoms with Gasteiger partial charge in [0.2, 0.25) is 0 Å². The van der Waals surface area contributed by atoms with Gasteiger partial charge < -0.3 is 0 Å². The molecule has 0 saturated heterocycles. The monoisotopic (exact) mass is 370 g/mol. The summed E-state index contributed by atoms with van der Waals surface area (Å²) in [5, 5.41) is 0. The number of aryl methyl sites for hydroxylation is 1. The Morgan fingerprint density at radius 3 is 2.47 bits per heavy atom. The molecule has 2 aromatic carbocycles. The maximum atomic E-state index is 13.1. The highest BCUT2D eigenvalue weighted by Gasteiger charge is 2.12. The molecule has 0 aromatic heterocycles. The Kier molecular flexibility index (Phi) is 4.90. The summed E-state index contributed by atoms with van der Waals surface area (Å²) in [6, 6.07) is 13.1. The van der Waals surface area contributed by atoms with Gasteiger partial charge >= 0.3 is 0 Å². The van der Waals surface area contributed by atoms with E-state index in [0.717, 1.165) is 23.1 Å². The van der Waals surface area contributed by atoms with E-state index in [1.165, 1.54) is 9.64 Å². The molecular weight excluding hydrogens is 354 g/mol. The highest BCUT2D eigenvalue weighted by Crippen LogP contribution is 2.21. The lowest BCUT2D eigenvalue weighted by molar-refractivity contribution is 0.549. The third kappa shape index (κ3) is 3.75. The van der Waals surface area contributed by atoms with Crippen LogP contribution in [0.1, 0.15) is 22.7 Å². The van der Waals surface area contributed by atoms with E-state index in [-0.39, 0.29) is 11.9 Å². The van der Waals surface area contributed by atoms with Crippen molar-refractivity contribution in [1.29, 1.82) is 0 Å². The Labute approximate surface area is 126 Å². The molecule has 19 heavy (non-hydrogen) atoms. The fourth-order valence-electron chi connectivity index (χ4n) is 2.08. The second-order valence-electron chi connectivity index (χ2n) is 4.55. The summed E-state index contributed by atoms with van der Waals surface area (Å²) in [6.07, 6.45) is 0.739. The predicted octanol–water partition coefficient (Wildman–Crippen LogP) is 3.49. The van der Waals surface area contributed by atoms with Crippen molar-refractivity contribution in [3.05, 3.63) is 68.5 Å². The maximum Gasteiger partial charge on any atom is 0.123 e. The van der Waals surface area contributed by atoms with Crippen LogP contribution in [0.5, 0.6) is 0 Å². The molecule has 3 N–H and O–H groups in total. The molecular formula is C15H16FIN2. The Bertz CT molecular complexity index is 555. The minimum atomic E-state index is -0.201. The molecule has 0 aliphatic heterocycles. The first-order valence-corrected chi connectivity index (χ1v) is 7.14. The Balaban J connectivity index is 2.21. The van der Waals surface area contributed by atoms with E-state index in [9.17, 15) is 4.39 Å². The Morgan fingerprint density at radius 2 is 1.89 bits per heavy atom. The fraction of sp³-hybridized carbons (Fsp3) is 0.200. The first-order chi connectivity index (χ1) is 9.10. The van der Waals surface area contributed by atoms with Crippen molar-refractivity contribution < 1.29 is 4.39 Å². The summed E-state index contributed by atoms with van der Waals surface area (Å²) in [7, 11) is 0. The van der Waals surface area contributed by atoms with Crippen LogP contribution in [0.25, 0.3) is 0 Å². The molecule has 0 bridgehead atoms. The summed E-state index contributed by atoms with van der Waals surface area (Å²) in [5.74, 6) is 5.44. The van der Waals surface area contributed by atoms with Crippen molar-refractivity contribution in [2.24, 2.45) is 5.84 Å². The van der Waals surface area contributed by atoms with Crippen LogP contribution in [-0.2, 0) is 6.42 Å². The number of rotatable bonds is 4. The van der Waals surface area contributed by atoms with Gasteiger partial charge in [-0.1, -0.05) is 18.2 Å². The second-order valence-corrected chi connectivity index (χ2v) is 5.79. The topological polar surface area (TPSA) is 38.0 Å². The highest BCUT2D eigenvalue weighted by atomic mass is 127. The van der Waals surface area contributed by atoms with E-state index >= 15 is 0 Å². The molecule has 0 aliphatic carbocycles. The van der Waals surface area contributed by atoms with Crippen molar-refractivity contribution >= 4 is 22.6 Å². The number of nitrogens with two attached hydrogens (primary N) is 1. The number of nitrogens with one attached hydrogen (secondary N) is 1. The van der Waals surface area contributed by atoms with Gasteiger partial charge in [-0.2, -0.15) is 0 Å². The summed E-state index contributed by atoms with van der Waals surface area (Å²) in [5.41, 5.74) is 6.01. The third-order valence-electron chi connectivity index (χ3n) is 3.20. The van der Waals surface area contributed by atoms with Crippen LogP contribution in [0, 0.1) is 16.3 Å². The highest BCUT2D eigenvalue weighted by molar-refractivity contribution is 14.1. The summed E-state index contributed by atoms with van der Waals surface area (Å²) >= 11 is 2.27. The van der Waals surface area contributed by atoms with Gasteiger partial charge in [-0.15, -0.1) is 0 Å². The van der Waals surface area contributed by atoms with Gasteiger partial charge in [-0.25, -0.2) is 4.39 Å². The minimum Gasteiger partial charge on any atom is -0.271 e. The second kappa shape index (κ2) is 6.45. The average Bonchev–Trinajstić information content (AvgIpc) is 2.39. The number of hydrogen-bond acceptors (Lipinski definition) is 2. The zero-order chi connectivity index (χ0) is 13.8. The molecule has 0 amide bonds. The lowest BCUT2D eigenvalue weighted by atomic mass is 9.96. The van der Waals surface area contributed by atoms with E-state index in [0.29, 0.717) is 0 Å². The SMILES string of the molecule is Cc1cc(F)ccc1CC(NN)c1ccc(I)cc1. The number of benzene rings is 2. The van der Waals surface area contributed by atoms with Crippen LogP contribution >= 0.6 is 22.6 Å². The molecule has 2 nitrogen and oxygen atoms in total. The molecule has 0 saturated carbocycles. The van der Waals surface area contributed by atoms with Gasteiger partial charge in [-0.05, 0) is 76.9 Å². The van der Waals surface area contributed by atoms with Crippen LogP contribution < -0.4 is 11.3 Å². The third-order valence-corrected chi connectivity index (χ3v) is 3.92. The normalized spacial score (nSPS) is 12.4. The van der Waals surface area contributed by atoms with E-state index in [2.05, 4.69) is 52.3 Å². The molecule has 0 aliphatic rings. The van der Waals surface area contributed by atoms with E-state index in [1.54, 1.807) is 6.07 Å². The zero-order valence-corrected chi connectivity index (χ0v) is 12.8. The molecule has 4 heteroatoms.